The molecule has 0 saturated heterocycles. The van der Waals surface area contributed by atoms with E-state index in [4.69, 9.17) is 9.84 Å². The molecule has 0 atom stereocenters. The van der Waals surface area contributed by atoms with Gasteiger partial charge in [-0.2, -0.15) is 0 Å². The lowest BCUT2D eigenvalue weighted by Gasteiger charge is -2.07. The maximum atomic E-state index is 12.1. The number of ether oxygens (including phenoxy) is 1. The molecule has 1 aromatic heterocycles. The molecule has 110 valence electrons. The van der Waals surface area contributed by atoms with Gasteiger partial charge in [-0.3, -0.25) is 9.59 Å². The molecule has 0 aliphatic heterocycles. The molecule has 0 saturated carbocycles. The Kier molecular flexibility index (Phi) is 4.71. The number of carbonyl (C=O) groups is 1. The maximum absolute atomic E-state index is 12.1. The first-order valence-corrected chi connectivity index (χ1v) is 6.64. The summed E-state index contributed by atoms with van der Waals surface area (Å²) in [5.41, 5.74) is 0.383. The van der Waals surface area contributed by atoms with Crippen LogP contribution in [0, 0.1) is 0 Å². The van der Waals surface area contributed by atoms with Crippen molar-refractivity contribution in [3.63, 3.8) is 0 Å². The standard InChI is InChI=1S/C15H16N2O4/c1-2-8-17-9-7-16-14(15(17)20)21-12-5-3-11(4-6-12)10-13(18)19/h3-7,9H,2,8,10H2,1H3,(H,18,19). The van der Waals surface area contributed by atoms with Crippen molar-refractivity contribution in [3.8, 4) is 11.6 Å². The molecule has 0 fully saturated rings. The van der Waals surface area contributed by atoms with Gasteiger partial charge >= 0.3 is 11.5 Å². The number of carboxylic acids is 1. The van der Waals surface area contributed by atoms with Crippen molar-refractivity contribution in [3.05, 3.63) is 52.6 Å². The van der Waals surface area contributed by atoms with Crippen molar-refractivity contribution < 1.29 is 14.6 Å². The zero-order valence-electron chi connectivity index (χ0n) is 11.7. The third-order valence-electron chi connectivity index (χ3n) is 2.84. The number of aliphatic carboxylic acids is 1. The highest BCUT2D eigenvalue weighted by Crippen LogP contribution is 2.17. The highest BCUT2D eigenvalue weighted by molar-refractivity contribution is 5.70. The molecular formula is C15H16N2O4. The lowest BCUT2D eigenvalue weighted by molar-refractivity contribution is -0.136. The van der Waals surface area contributed by atoms with Crippen LogP contribution in [0.2, 0.25) is 0 Å². The fourth-order valence-electron chi connectivity index (χ4n) is 1.88. The summed E-state index contributed by atoms with van der Waals surface area (Å²) < 4.78 is 7.01. The van der Waals surface area contributed by atoms with E-state index in [9.17, 15) is 9.59 Å². The quantitative estimate of drug-likeness (QED) is 0.880. The van der Waals surface area contributed by atoms with Crippen LogP contribution in [0.5, 0.6) is 11.6 Å². The predicted octanol–water partition coefficient (Wildman–Crippen LogP) is 2.07. The molecule has 6 nitrogen and oxygen atoms in total. The zero-order valence-corrected chi connectivity index (χ0v) is 11.7. The van der Waals surface area contributed by atoms with Gasteiger partial charge in [-0.1, -0.05) is 19.1 Å². The molecule has 1 heterocycles. The second kappa shape index (κ2) is 6.69. The fraction of sp³-hybridized carbons (Fsp3) is 0.267. The second-order valence-corrected chi connectivity index (χ2v) is 4.55. The summed E-state index contributed by atoms with van der Waals surface area (Å²) in [5.74, 6) is -0.434. The number of hydrogen-bond donors (Lipinski definition) is 1. The average molecular weight is 288 g/mol. The van der Waals surface area contributed by atoms with E-state index in [1.54, 1.807) is 35.0 Å². The van der Waals surface area contributed by atoms with Gasteiger partial charge in [-0.05, 0) is 24.1 Å². The van der Waals surface area contributed by atoms with Crippen LogP contribution in [0.15, 0.2) is 41.5 Å². The van der Waals surface area contributed by atoms with E-state index in [1.807, 2.05) is 6.92 Å². The van der Waals surface area contributed by atoms with Crippen LogP contribution in [-0.2, 0) is 17.8 Å². The van der Waals surface area contributed by atoms with Crippen molar-refractivity contribution in [1.29, 1.82) is 0 Å². The Hall–Kier alpha value is -2.63. The van der Waals surface area contributed by atoms with Gasteiger partial charge in [0.1, 0.15) is 5.75 Å². The van der Waals surface area contributed by atoms with Crippen molar-refractivity contribution in [2.75, 3.05) is 0 Å². The van der Waals surface area contributed by atoms with Crippen LogP contribution >= 0.6 is 0 Å². The first-order valence-electron chi connectivity index (χ1n) is 6.64. The molecule has 0 spiro atoms. The molecule has 0 amide bonds. The number of aryl methyl sites for hydroxylation is 1. The second-order valence-electron chi connectivity index (χ2n) is 4.55. The van der Waals surface area contributed by atoms with Gasteiger partial charge in [-0.15, -0.1) is 0 Å². The fourth-order valence-corrected chi connectivity index (χ4v) is 1.88. The van der Waals surface area contributed by atoms with E-state index >= 15 is 0 Å². The van der Waals surface area contributed by atoms with Crippen LogP contribution in [0.1, 0.15) is 18.9 Å². The highest BCUT2D eigenvalue weighted by atomic mass is 16.5. The van der Waals surface area contributed by atoms with Crippen LogP contribution < -0.4 is 10.3 Å². The number of nitrogens with zero attached hydrogens (tertiary/aromatic N) is 2. The molecule has 21 heavy (non-hydrogen) atoms. The van der Waals surface area contributed by atoms with Gasteiger partial charge in [0.05, 0.1) is 6.42 Å². The van der Waals surface area contributed by atoms with E-state index < -0.39 is 5.97 Å². The molecule has 0 aliphatic rings. The third kappa shape index (κ3) is 3.92. The van der Waals surface area contributed by atoms with Gasteiger partial charge in [0.15, 0.2) is 0 Å². The first kappa shape index (κ1) is 14.8. The van der Waals surface area contributed by atoms with E-state index in [-0.39, 0.29) is 17.9 Å². The Morgan fingerprint density at radius 1 is 1.33 bits per heavy atom. The van der Waals surface area contributed by atoms with E-state index in [0.29, 0.717) is 17.9 Å². The van der Waals surface area contributed by atoms with Gasteiger partial charge in [-0.25, -0.2) is 4.98 Å². The number of carboxylic acid groups (broad SMARTS) is 1. The third-order valence-corrected chi connectivity index (χ3v) is 2.84. The summed E-state index contributed by atoms with van der Waals surface area (Å²) in [4.78, 5) is 26.6. The molecule has 0 aliphatic carbocycles. The summed E-state index contributed by atoms with van der Waals surface area (Å²) in [7, 11) is 0. The van der Waals surface area contributed by atoms with Gasteiger partial charge in [0.25, 0.3) is 5.88 Å². The van der Waals surface area contributed by atoms with Crippen LogP contribution in [-0.4, -0.2) is 20.6 Å². The zero-order chi connectivity index (χ0) is 15.2. The number of aromatic nitrogens is 2. The number of rotatable bonds is 6. The lowest BCUT2D eigenvalue weighted by Crippen LogP contribution is -2.21. The normalized spacial score (nSPS) is 10.3. The number of hydrogen-bond acceptors (Lipinski definition) is 4. The largest absolute Gasteiger partial charge is 0.481 e. The summed E-state index contributed by atoms with van der Waals surface area (Å²) in [6.45, 7) is 2.59. The smallest absolute Gasteiger partial charge is 0.313 e. The Morgan fingerprint density at radius 3 is 2.67 bits per heavy atom. The molecule has 0 unspecified atom stereocenters. The minimum absolute atomic E-state index is 0.0111. The summed E-state index contributed by atoms with van der Waals surface area (Å²) in [6, 6.07) is 6.54. The minimum Gasteiger partial charge on any atom is -0.481 e. The minimum atomic E-state index is -0.893. The Morgan fingerprint density at radius 2 is 2.05 bits per heavy atom. The van der Waals surface area contributed by atoms with E-state index in [0.717, 1.165) is 6.42 Å². The average Bonchev–Trinajstić information content (AvgIpc) is 2.45. The topological polar surface area (TPSA) is 81.4 Å². The summed E-state index contributed by atoms with van der Waals surface area (Å²) in [5, 5.41) is 8.70. The predicted molar refractivity (Wildman–Crippen MR) is 76.6 cm³/mol. The van der Waals surface area contributed by atoms with Gasteiger partial charge < -0.3 is 14.4 Å². The monoisotopic (exact) mass is 288 g/mol. The van der Waals surface area contributed by atoms with Gasteiger partial charge in [0.2, 0.25) is 0 Å². The van der Waals surface area contributed by atoms with Crippen LogP contribution in [0.25, 0.3) is 0 Å². The lowest BCUT2D eigenvalue weighted by atomic mass is 10.1. The molecule has 1 aromatic carbocycles. The molecule has 0 bridgehead atoms. The molecule has 2 aromatic rings. The van der Waals surface area contributed by atoms with E-state index in [1.165, 1.54) is 6.20 Å². The van der Waals surface area contributed by atoms with E-state index in [2.05, 4.69) is 4.98 Å². The first-order chi connectivity index (χ1) is 10.1. The Balaban J connectivity index is 2.16. The molecular weight excluding hydrogens is 272 g/mol. The van der Waals surface area contributed by atoms with Crippen molar-refractivity contribution in [1.82, 2.24) is 9.55 Å². The van der Waals surface area contributed by atoms with Crippen LogP contribution in [0.4, 0.5) is 0 Å². The van der Waals surface area contributed by atoms with Crippen molar-refractivity contribution in [2.45, 2.75) is 26.3 Å². The number of benzene rings is 1. The molecule has 0 radical (unpaired) electrons. The van der Waals surface area contributed by atoms with Crippen LogP contribution in [0.3, 0.4) is 0 Å². The van der Waals surface area contributed by atoms with Gasteiger partial charge in [0, 0.05) is 18.9 Å². The summed E-state index contributed by atoms with van der Waals surface area (Å²) in [6.07, 6.45) is 3.93. The molecule has 6 heteroatoms. The SMILES string of the molecule is CCCn1ccnc(Oc2ccc(CC(=O)O)cc2)c1=O. The summed E-state index contributed by atoms with van der Waals surface area (Å²) >= 11 is 0. The maximum Gasteiger partial charge on any atom is 0.313 e. The molecule has 2 rings (SSSR count). The van der Waals surface area contributed by atoms with Crippen molar-refractivity contribution >= 4 is 5.97 Å². The highest BCUT2D eigenvalue weighted by Gasteiger charge is 2.07. The van der Waals surface area contributed by atoms with Crippen molar-refractivity contribution in [2.24, 2.45) is 0 Å². The molecule has 1 N–H and O–H groups in total. The Labute approximate surface area is 121 Å². The Bertz CT molecular complexity index is 677.